The number of ether oxygens (including phenoxy) is 1. The summed E-state index contributed by atoms with van der Waals surface area (Å²) in [5.74, 6) is -0.0935. The summed E-state index contributed by atoms with van der Waals surface area (Å²) in [5, 5.41) is 11.5. The van der Waals surface area contributed by atoms with Crippen molar-refractivity contribution in [3.05, 3.63) is 65.2 Å². The molecule has 0 bridgehead atoms. The van der Waals surface area contributed by atoms with E-state index in [4.69, 9.17) is 9.84 Å². The number of aliphatic carboxylic acids is 1. The van der Waals surface area contributed by atoms with Gasteiger partial charge >= 0.3 is 5.97 Å². The lowest BCUT2D eigenvalue weighted by Crippen LogP contribution is -2.22. The Hall–Kier alpha value is -2.33. The van der Waals surface area contributed by atoms with Gasteiger partial charge in [-0.1, -0.05) is 48.0 Å². The van der Waals surface area contributed by atoms with E-state index in [2.05, 4.69) is 17.4 Å². The number of hydrogen-bond acceptors (Lipinski definition) is 3. The zero-order valence-electron chi connectivity index (χ0n) is 12.0. The topological polar surface area (TPSA) is 58.6 Å². The number of para-hydroxylation sites is 1. The molecule has 2 aromatic rings. The van der Waals surface area contributed by atoms with Crippen molar-refractivity contribution in [3.8, 4) is 5.75 Å². The Morgan fingerprint density at radius 1 is 1.14 bits per heavy atom. The summed E-state index contributed by atoms with van der Waals surface area (Å²) in [7, 11) is 0. The summed E-state index contributed by atoms with van der Waals surface area (Å²) < 4.78 is 5.83. The van der Waals surface area contributed by atoms with E-state index in [1.54, 1.807) is 0 Å². The van der Waals surface area contributed by atoms with Gasteiger partial charge < -0.3 is 15.2 Å². The quantitative estimate of drug-likeness (QED) is 0.821. The predicted molar refractivity (Wildman–Crippen MR) is 81.3 cm³/mol. The first-order chi connectivity index (χ1) is 10.1. The van der Waals surface area contributed by atoms with Crippen molar-refractivity contribution in [2.24, 2.45) is 0 Å². The molecule has 0 spiro atoms. The summed E-state index contributed by atoms with van der Waals surface area (Å²) in [4.78, 5) is 10.5. The van der Waals surface area contributed by atoms with Crippen molar-refractivity contribution >= 4 is 5.97 Å². The first-order valence-electron chi connectivity index (χ1n) is 6.84. The van der Waals surface area contributed by atoms with E-state index >= 15 is 0 Å². The Morgan fingerprint density at radius 3 is 2.57 bits per heavy atom. The number of aryl methyl sites for hydroxylation is 1. The van der Waals surface area contributed by atoms with Crippen molar-refractivity contribution in [3.63, 3.8) is 0 Å². The Kier molecular flexibility index (Phi) is 5.35. The molecule has 110 valence electrons. The molecular formula is C17H19NO3. The molecule has 0 aliphatic carbocycles. The molecule has 2 N–H and O–H groups in total. The van der Waals surface area contributed by atoms with Crippen LogP contribution in [0.2, 0.25) is 0 Å². The molecule has 21 heavy (non-hydrogen) atoms. The summed E-state index contributed by atoms with van der Waals surface area (Å²) in [6.45, 7) is 2.95. The van der Waals surface area contributed by atoms with Crippen LogP contribution in [0.25, 0.3) is 0 Å². The lowest BCUT2D eigenvalue weighted by atomic mass is 10.1. The van der Waals surface area contributed by atoms with Crippen molar-refractivity contribution in [2.45, 2.75) is 20.1 Å². The lowest BCUT2D eigenvalue weighted by Gasteiger charge is -2.12. The van der Waals surface area contributed by atoms with Crippen LogP contribution >= 0.6 is 0 Å². The molecular weight excluding hydrogens is 266 g/mol. The van der Waals surface area contributed by atoms with Crippen LogP contribution in [-0.2, 0) is 17.9 Å². The van der Waals surface area contributed by atoms with Gasteiger partial charge in [0.05, 0.1) is 6.54 Å². The van der Waals surface area contributed by atoms with Gasteiger partial charge in [-0.2, -0.15) is 0 Å². The fourth-order valence-corrected chi connectivity index (χ4v) is 1.94. The lowest BCUT2D eigenvalue weighted by molar-refractivity contribution is -0.136. The van der Waals surface area contributed by atoms with Crippen molar-refractivity contribution in [1.29, 1.82) is 0 Å². The van der Waals surface area contributed by atoms with Gasteiger partial charge in [-0.25, -0.2) is 0 Å². The number of carboxylic acids is 1. The van der Waals surface area contributed by atoms with Crippen LogP contribution in [0.15, 0.2) is 48.5 Å². The van der Waals surface area contributed by atoms with Crippen LogP contribution in [0.3, 0.4) is 0 Å². The number of hydrogen-bond donors (Lipinski definition) is 2. The molecule has 0 radical (unpaired) electrons. The maximum atomic E-state index is 10.5. The van der Waals surface area contributed by atoms with E-state index in [9.17, 15) is 4.79 Å². The van der Waals surface area contributed by atoms with Crippen LogP contribution in [0.5, 0.6) is 5.75 Å². The second-order valence-electron chi connectivity index (χ2n) is 4.88. The Morgan fingerprint density at radius 2 is 1.86 bits per heavy atom. The molecule has 0 unspecified atom stereocenters. The number of carboxylic acid groups (broad SMARTS) is 1. The highest BCUT2D eigenvalue weighted by Crippen LogP contribution is 2.19. The highest BCUT2D eigenvalue weighted by Gasteiger charge is 2.04. The first kappa shape index (κ1) is 15.1. The van der Waals surface area contributed by atoms with Crippen molar-refractivity contribution in [2.75, 3.05) is 6.54 Å². The van der Waals surface area contributed by atoms with E-state index in [0.29, 0.717) is 13.2 Å². The molecule has 2 aromatic carbocycles. The highest BCUT2D eigenvalue weighted by molar-refractivity contribution is 5.69. The van der Waals surface area contributed by atoms with E-state index in [1.807, 2.05) is 43.3 Å². The fraction of sp³-hybridized carbons (Fsp3) is 0.235. The monoisotopic (exact) mass is 285 g/mol. The second-order valence-corrected chi connectivity index (χ2v) is 4.88. The van der Waals surface area contributed by atoms with Gasteiger partial charge in [0.1, 0.15) is 12.4 Å². The zero-order chi connectivity index (χ0) is 15.1. The van der Waals surface area contributed by atoms with Gasteiger partial charge in [-0.05, 0) is 18.6 Å². The van der Waals surface area contributed by atoms with Gasteiger partial charge in [0, 0.05) is 12.1 Å². The third-order valence-electron chi connectivity index (χ3n) is 3.08. The Bertz CT molecular complexity index is 593. The van der Waals surface area contributed by atoms with Crippen molar-refractivity contribution < 1.29 is 14.6 Å². The SMILES string of the molecule is Cc1ccc(COc2ccccc2CNCC(=O)O)cc1. The molecule has 4 nitrogen and oxygen atoms in total. The van der Waals surface area contributed by atoms with Gasteiger partial charge in [0.15, 0.2) is 0 Å². The third kappa shape index (κ3) is 4.93. The second kappa shape index (κ2) is 7.45. The average molecular weight is 285 g/mol. The molecule has 0 aromatic heterocycles. The van der Waals surface area contributed by atoms with Gasteiger partial charge in [0.25, 0.3) is 0 Å². The molecule has 0 heterocycles. The minimum atomic E-state index is -0.868. The van der Waals surface area contributed by atoms with Crippen LogP contribution in [-0.4, -0.2) is 17.6 Å². The molecule has 0 aliphatic heterocycles. The maximum absolute atomic E-state index is 10.5. The Balaban J connectivity index is 1.96. The molecule has 0 fully saturated rings. The summed E-state index contributed by atoms with van der Waals surface area (Å²) in [6, 6.07) is 15.8. The predicted octanol–water partition coefficient (Wildman–Crippen LogP) is 2.75. The van der Waals surface area contributed by atoms with Gasteiger partial charge in [-0.15, -0.1) is 0 Å². The van der Waals surface area contributed by atoms with E-state index in [0.717, 1.165) is 16.9 Å². The van der Waals surface area contributed by atoms with Crippen LogP contribution in [0, 0.1) is 6.92 Å². The normalized spacial score (nSPS) is 10.3. The van der Waals surface area contributed by atoms with Gasteiger partial charge in [0.2, 0.25) is 0 Å². The highest BCUT2D eigenvalue weighted by atomic mass is 16.5. The minimum absolute atomic E-state index is 0.0632. The number of benzene rings is 2. The van der Waals surface area contributed by atoms with Crippen molar-refractivity contribution in [1.82, 2.24) is 5.32 Å². The van der Waals surface area contributed by atoms with E-state index in [1.165, 1.54) is 5.56 Å². The summed E-state index contributed by atoms with van der Waals surface area (Å²) in [6.07, 6.45) is 0. The number of carbonyl (C=O) groups is 1. The van der Waals surface area contributed by atoms with E-state index in [-0.39, 0.29) is 6.54 Å². The third-order valence-corrected chi connectivity index (χ3v) is 3.08. The molecule has 0 saturated heterocycles. The minimum Gasteiger partial charge on any atom is -0.489 e. The molecule has 0 saturated carbocycles. The van der Waals surface area contributed by atoms with Crippen LogP contribution in [0.4, 0.5) is 0 Å². The molecule has 0 amide bonds. The van der Waals surface area contributed by atoms with Crippen LogP contribution < -0.4 is 10.1 Å². The molecule has 0 atom stereocenters. The largest absolute Gasteiger partial charge is 0.489 e. The smallest absolute Gasteiger partial charge is 0.317 e. The first-order valence-corrected chi connectivity index (χ1v) is 6.84. The molecule has 4 heteroatoms. The zero-order valence-corrected chi connectivity index (χ0v) is 12.0. The summed E-state index contributed by atoms with van der Waals surface area (Å²) in [5.41, 5.74) is 3.27. The number of rotatable bonds is 7. The van der Waals surface area contributed by atoms with Gasteiger partial charge in [-0.3, -0.25) is 4.79 Å². The Labute approximate surface area is 124 Å². The average Bonchev–Trinajstić information content (AvgIpc) is 2.47. The molecule has 0 aliphatic rings. The maximum Gasteiger partial charge on any atom is 0.317 e. The molecule has 2 rings (SSSR count). The number of nitrogens with one attached hydrogen (secondary N) is 1. The standard InChI is InChI=1S/C17H19NO3/c1-13-6-8-14(9-7-13)12-21-16-5-3-2-4-15(16)10-18-11-17(19)20/h2-9,18H,10-12H2,1H3,(H,19,20). The van der Waals surface area contributed by atoms with Crippen LogP contribution in [0.1, 0.15) is 16.7 Å². The van der Waals surface area contributed by atoms with E-state index < -0.39 is 5.97 Å². The summed E-state index contributed by atoms with van der Waals surface area (Å²) >= 11 is 0. The fourth-order valence-electron chi connectivity index (χ4n) is 1.94.